The summed E-state index contributed by atoms with van der Waals surface area (Å²) in [6, 6.07) is 10.7. The molecule has 0 unspecified atom stereocenters. The summed E-state index contributed by atoms with van der Waals surface area (Å²) in [5.41, 5.74) is 1.12. The van der Waals surface area contributed by atoms with Crippen LogP contribution in [0, 0.1) is 11.3 Å². The van der Waals surface area contributed by atoms with Crippen molar-refractivity contribution in [2.24, 2.45) is 11.3 Å². The highest BCUT2D eigenvalue weighted by molar-refractivity contribution is 5.86. The maximum Gasteiger partial charge on any atom is 0.490 e. The second kappa shape index (κ2) is 9.56. The standard InChI is InChI=1S/C20H28N2O2.C2HF3O2/c1-21-10-9-20(19(21)23)15-22(13-16-7-11-24-12-8-16)14-18(20)17-5-3-2-4-6-17;3-2(4,5)1(6)7/h2-6,16,18H,7-15H2,1H3;(H,6,7)/t18-,20+;/m0./s1. The van der Waals surface area contributed by atoms with Gasteiger partial charge in [0.25, 0.3) is 0 Å². The predicted octanol–water partition coefficient (Wildman–Crippen LogP) is 2.99. The van der Waals surface area contributed by atoms with E-state index in [1.807, 2.05) is 11.9 Å². The first kappa shape index (κ1) is 23.5. The highest BCUT2D eigenvalue weighted by Gasteiger charge is 2.56. The lowest BCUT2D eigenvalue weighted by Crippen LogP contribution is -2.39. The Kier molecular flexibility index (Phi) is 7.26. The first-order valence-electron chi connectivity index (χ1n) is 10.5. The van der Waals surface area contributed by atoms with Crippen molar-refractivity contribution in [1.29, 1.82) is 0 Å². The van der Waals surface area contributed by atoms with Gasteiger partial charge in [-0.05, 0) is 30.7 Å². The van der Waals surface area contributed by atoms with Gasteiger partial charge in [-0.1, -0.05) is 30.3 Å². The third kappa shape index (κ3) is 5.38. The molecule has 1 N–H and O–H groups in total. The van der Waals surface area contributed by atoms with E-state index in [9.17, 15) is 18.0 Å². The van der Waals surface area contributed by atoms with Crippen molar-refractivity contribution in [1.82, 2.24) is 9.80 Å². The number of nitrogens with zero attached hydrogens (tertiary/aromatic N) is 2. The van der Waals surface area contributed by atoms with Gasteiger partial charge in [-0.25, -0.2) is 4.79 Å². The number of aliphatic carboxylic acids is 1. The monoisotopic (exact) mass is 442 g/mol. The summed E-state index contributed by atoms with van der Waals surface area (Å²) < 4.78 is 37.2. The molecule has 3 aliphatic rings. The zero-order valence-electron chi connectivity index (χ0n) is 17.6. The number of likely N-dealkylation sites (tertiary alicyclic amines) is 2. The molecule has 4 rings (SSSR count). The number of alkyl halides is 3. The van der Waals surface area contributed by atoms with Crippen molar-refractivity contribution in [2.45, 2.75) is 31.4 Å². The number of carboxylic acids is 1. The van der Waals surface area contributed by atoms with Gasteiger partial charge >= 0.3 is 12.1 Å². The summed E-state index contributed by atoms with van der Waals surface area (Å²) in [6.07, 6.45) is -1.77. The Hall–Kier alpha value is -2.13. The summed E-state index contributed by atoms with van der Waals surface area (Å²) in [5, 5.41) is 7.12. The summed E-state index contributed by atoms with van der Waals surface area (Å²) in [4.78, 5) is 26.4. The molecular formula is C22H29F3N2O4. The van der Waals surface area contributed by atoms with Crippen molar-refractivity contribution in [3.8, 4) is 0 Å². The summed E-state index contributed by atoms with van der Waals surface area (Å²) in [6.45, 7) is 5.74. The van der Waals surface area contributed by atoms with E-state index in [0.717, 1.165) is 64.6 Å². The molecule has 1 aromatic rings. The second-order valence-electron chi connectivity index (χ2n) is 8.65. The average Bonchev–Trinajstić information content (AvgIpc) is 3.24. The molecule has 1 aromatic carbocycles. The lowest BCUT2D eigenvalue weighted by molar-refractivity contribution is -0.192. The molecule has 1 amide bonds. The molecule has 9 heteroatoms. The topological polar surface area (TPSA) is 70.1 Å². The number of hydrogen-bond acceptors (Lipinski definition) is 4. The van der Waals surface area contributed by atoms with Gasteiger partial charge in [0.05, 0.1) is 5.41 Å². The van der Waals surface area contributed by atoms with Crippen molar-refractivity contribution >= 4 is 11.9 Å². The predicted molar refractivity (Wildman–Crippen MR) is 108 cm³/mol. The second-order valence-corrected chi connectivity index (χ2v) is 8.65. The Morgan fingerprint density at radius 1 is 1.23 bits per heavy atom. The summed E-state index contributed by atoms with van der Waals surface area (Å²) in [5.74, 6) is -1.35. The van der Waals surface area contributed by atoms with Crippen LogP contribution < -0.4 is 0 Å². The van der Waals surface area contributed by atoms with Crippen molar-refractivity contribution in [3.05, 3.63) is 35.9 Å². The lowest BCUT2D eigenvalue weighted by Gasteiger charge is -2.29. The molecule has 2 atom stereocenters. The van der Waals surface area contributed by atoms with E-state index in [1.54, 1.807) is 0 Å². The van der Waals surface area contributed by atoms with Gasteiger partial charge in [-0.3, -0.25) is 4.79 Å². The first-order valence-corrected chi connectivity index (χ1v) is 10.5. The molecule has 0 saturated carbocycles. The van der Waals surface area contributed by atoms with Crippen molar-refractivity contribution < 1.29 is 32.6 Å². The van der Waals surface area contributed by atoms with Crippen molar-refractivity contribution in [2.75, 3.05) is 46.4 Å². The van der Waals surface area contributed by atoms with Gasteiger partial charge < -0.3 is 19.6 Å². The average molecular weight is 442 g/mol. The Balaban J connectivity index is 0.000000339. The van der Waals surface area contributed by atoms with Gasteiger partial charge in [0.15, 0.2) is 0 Å². The smallest absolute Gasteiger partial charge is 0.475 e. The molecule has 0 aliphatic carbocycles. The Bertz CT molecular complexity index is 768. The quantitative estimate of drug-likeness (QED) is 0.780. The SMILES string of the molecule is CN1CC[C@]2(CN(CC3CCOCC3)C[C@H]2c2ccccc2)C1=O.O=C(O)C(F)(F)F. The van der Waals surface area contributed by atoms with E-state index in [4.69, 9.17) is 14.6 Å². The maximum absolute atomic E-state index is 13.0. The van der Waals surface area contributed by atoms with Gasteiger partial charge in [0, 0.05) is 52.4 Å². The van der Waals surface area contributed by atoms with Crippen LogP contribution in [0.25, 0.3) is 0 Å². The van der Waals surface area contributed by atoms with Crippen LogP contribution in [-0.2, 0) is 14.3 Å². The number of ether oxygens (including phenoxy) is 1. The minimum Gasteiger partial charge on any atom is -0.475 e. The number of hydrogen-bond donors (Lipinski definition) is 1. The van der Waals surface area contributed by atoms with Gasteiger partial charge in [0.1, 0.15) is 0 Å². The molecule has 172 valence electrons. The zero-order valence-corrected chi connectivity index (χ0v) is 17.6. The molecule has 31 heavy (non-hydrogen) atoms. The number of rotatable bonds is 3. The number of halogens is 3. The Morgan fingerprint density at radius 3 is 2.35 bits per heavy atom. The molecule has 3 aliphatic heterocycles. The van der Waals surface area contributed by atoms with Crippen LogP contribution in [0.15, 0.2) is 30.3 Å². The Morgan fingerprint density at radius 2 is 1.84 bits per heavy atom. The Labute approximate surface area is 180 Å². The molecular weight excluding hydrogens is 413 g/mol. The largest absolute Gasteiger partial charge is 0.490 e. The summed E-state index contributed by atoms with van der Waals surface area (Å²) in [7, 11) is 1.96. The van der Waals surface area contributed by atoms with Crippen LogP contribution in [0.3, 0.4) is 0 Å². The van der Waals surface area contributed by atoms with Gasteiger partial charge in [-0.2, -0.15) is 13.2 Å². The molecule has 0 radical (unpaired) electrons. The minimum atomic E-state index is -5.08. The fraction of sp³-hybridized carbons (Fsp3) is 0.636. The number of carboxylic acid groups (broad SMARTS) is 1. The number of benzene rings is 1. The normalized spacial score (nSPS) is 27.4. The molecule has 3 heterocycles. The molecule has 1 spiro atoms. The van der Waals surface area contributed by atoms with Crippen LogP contribution in [0.4, 0.5) is 13.2 Å². The van der Waals surface area contributed by atoms with E-state index >= 15 is 0 Å². The minimum absolute atomic E-state index is 0.207. The number of amides is 1. The molecule has 3 saturated heterocycles. The lowest BCUT2D eigenvalue weighted by atomic mass is 9.73. The molecule has 0 bridgehead atoms. The van der Waals surface area contributed by atoms with Gasteiger partial charge in [0.2, 0.25) is 5.91 Å². The van der Waals surface area contributed by atoms with Crippen LogP contribution >= 0.6 is 0 Å². The van der Waals surface area contributed by atoms with Crippen LogP contribution in [-0.4, -0.2) is 79.4 Å². The fourth-order valence-corrected chi connectivity index (χ4v) is 4.98. The number of carbonyl (C=O) groups excluding carboxylic acids is 1. The van der Waals surface area contributed by atoms with E-state index in [-0.39, 0.29) is 5.41 Å². The van der Waals surface area contributed by atoms with Crippen LogP contribution in [0.5, 0.6) is 0 Å². The molecule has 3 fully saturated rings. The van der Waals surface area contributed by atoms with E-state index < -0.39 is 12.1 Å². The van der Waals surface area contributed by atoms with E-state index in [0.29, 0.717) is 11.8 Å². The molecule has 6 nitrogen and oxygen atoms in total. The van der Waals surface area contributed by atoms with Crippen molar-refractivity contribution in [3.63, 3.8) is 0 Å². The number of carbonyl (C=O) groups is 2. The highest BCUT2D eigenvalue weighted by Crippen LogP contribution is 2.49. The third-order valence-electron chi connectivity index (χ3n) is 6.58. The van der Waals surface area contributed by atoms with Gasteiger partial charge in [-0.15, -0.1) is 0 Å². The van der Waals surface area contributed by atoms with E-state index in [1.165, 1.54) is 5.56 Å². The van der Waals surface area contributed by atoms with E-state index in [2.05, 4.69) is 35.2 Å². The van der Waals surface area contributed by atoms with Crippen LogP contribution in [0.2, 0.25) is 0 Å². The zero-order chi connectivity index (χ0) is 22.6. The van der Waals surface area contributed by atoms with Crippen LogP contribution in [0.1, 0.15) is 30.7 Å². The summed E-state index contributed by atoms with van der Waals surface area (Å²) >= 11 is 0. The molecule has 0 aromatic heterocycles. The first-order chi connectivity index (χ1) is 14.6. The fourth-order valence-electron chi connectivity index (χ4n) is 4.98. The maximum atomic E-state index is 13.0. The highest BCUT2D eigenvalue weighted by atomic mass is 19.4. The third-order valence-corrected chi connectivity index (χ3v) is 6.58.